The number of rotatable bonds is 9. The van der Waals surface area contributed by atoms with E-state index in [-0.39, 0.29) is 30.0 Å². The number of nitrogens with one attached hydrogen (secondary N) is 2. The van der Waals surface area contributed by atoms with E-state index in [1.165, 1.54) is 24.3 Å². The van der Waals surface area contributed by atoms with Gasteiger partial charge >= 0.3 is 6.16 Å². The minimum absolute atomic E-state index is 0.0999. The fourth-order valence-electron chi connectivity index (χ4n) is 3.03. The molecular weight excluding hydrogens is 439 g/mol. The van der Waals surface area contributed by atoms with Crippen molar-refractivity contribution in [2.75, 3.05) is 11.9 Å². The molecule has 34 heavy (non-hydrogen) atoms. The van der Waals surface area contributed by atoms with Gasteiger partial charge in [-0.15, -0.1) is 0 Å². The highest BCUT2D eigenvalue weighted by atomic mass is 19.1. The number of halogens is 1. The molecule has 0 bridgehead atoms. The van der Waals surface area contributed by atoms with E-state index in [2.05, 4.69) is 10.6 Å². The van der Waals surface area contributed by atoms with Crippen molar-refractivity contribution in [3.8, 4) is 5.75 Å². The number of amides is 2. The molecule has 3 rings (SSSR count). The van der Waals surface area contributed by atoms with Crippen LogP contribution in [0.3, 0.4) is 0 Å². The van der Waals surface area contributed by atoms with Crippen LogP contribution in [0.5, 0.6) is 5.75 Å². The zero-order valence-electron chi connectivity index (χ0n) is 18.7. The Labute approximate surface area is 196 Å². The SMILES string of the molecule is CCOC(=O)Oc1ccc(C(=O)Nc2ccc(CNC(=O)CCc3ccc(F)cc3)cc2)cc1. The molecule has 0 spiro atoms. The Morgan fingerprint density at radius 2 is 1.50 bits per heavy atom. The first-order chi connectivity index (χ1) is 16.4. The fraction of sp³-hybridized carbons (Fsp3) is 0.192. The van der Waals surface area contributed by atoms with Gasteiger partial charge in [-0.1, -0.05) is 24.3 Å². The predicted octanol–water partition coefficient (Wildman–Crippen LogP) is 4.86. The molecule has 0 radical (unpaired) electrons. The molecular formula is C26H25FN2O5. The summed E-state index contributed by atoms with van der Waals surface area (Å²) >= 11 is 0. The normalized spacial score (nSPS) is 10.3. The Morgan fingerprint density at radius 3 is 2.15 bits per heavy atom. The van der Waals surface area contributed by atoms with E-state index in [9.17, 15) is 18.8 Å². The van der Waals surface area contributed by atoms with Crippen molar-refractivity contribution in [2.45, 2.75) is 26.3 Å². The minimum Gasteiger partial charge on any atom is -0.434 e. The maximum Gasteiger partial charge on any atom is 0.513 e. The largest absolute Gasteiger partial charge is 0.513 e. The number of hydrogen-bond acceptors (Lipinski definition) is 5. The number of carbonyl (C=O) groups is 3. The van der Waals surface area contributed by atoms with Gasteiger partial charge in [0, 0.05) is 24.2 Å². The lowest BCUT2D eigenvalue weighted by Gasteiger charge is -2.09. The molecule has 0 aliphatic heterocycles. The van der Waals surface area contributed by atoms with E-state index >= 15 is 0 Å². The number of anilines is 1. The number of hydrogen-bond donors (Lipinski definition) is 2. The zero-order valence-corrected chi connectivity index (χ0v) is 18.7. The highest BCUT2D eigenvalue weighted by Crippen LogP contribution is 2.16. The van der Waals surface area contributed by atoms with Crippen LogP contribution in [-0.4, -0.2) is 24.6 Å². The molecule has 0 saturated heterocycles. The van der Waals surface area contributed by atoms with E-state index < -0.39 is 6.16 Å². The van der Waals surface area contributed by atoms with Crippen molar-refractivity contribution < 1.29 is 28.2 Å². The Hall–Kier alpha value is -4.20. The number of carbonyl (C=O) groups excluding carboxylic acids is 3. The number of ether oxygens (including phenoxy) is 2. The highest BCUT2D eigenvalue weighted by molar-refractivity contribution is 6.04. The van der Waals surface area contributed by atoms with Gasteiger partial charge in [0.2, 0.25) is 5.91 Å². The smallest absolute Gasteiger partial charge is 0.434 e. The second kappa shape index (κ2) is 12.2. The van der Waals surface area contributed by atoms with E-state index in [4.69, 9.17) is 9.47 Å². The summed E-state index contributed by atoms with van der Waals surface area (Å²) < 4.78 is 22.6. The highest BCUT2D eigenvalue weighted by Gasteiger charge is 2.09. The second-order valence-corrected chi connectivity index (χ2v) is 7.36. The van der Waals surface area contributed by atoms with Gasteiger partial charge in [-0.05, 0) is 73.0 Å². The summed E-state index contributed by atoms with van der Waals surface area (Å²) in [6.45, 7) is 2.25. The molecule has 0 fully saturated rings. The molecule has 8 heteroatoms. The van der Waals surface area contributed by atoms with Crippen LogP contribution in [0.15, 0.2) is 72.8 Å². The Morgan fingerprint density at radius 1 is 0.853 bits per heavy atom. The topological polar surface area (TPSA) is 93.7 Å². The van der Waals surface area contributed by atoms with Gasteiger partial charge in [0.05, 0.1) is 6.61 Å². The monoisotopic (exact) mass is 464 g/mol. The van der Waals surface area contributed by atoms with Crippen molar-refractivity contribution in [1.29, 1.82) is 0 Å². The predicted molar refractivity (Wildman–Crippen MR) is 125 cm³/mol. The molecule has 2 amide bonds. The first-order valence-corrected chi connectivity index (χ1v) is 10.8. The molecule has 3 aromatic carbocycles. The van der Waals surface area contributed by atoms with Crippen molar-refractivity contribution >= 4 is 23.7 Å². The van der Waals surface area contributed by atoms with Gasteiger partial charge < -0.3 is 20.1 Å². The van der Waals surface area contributed by atoms with Gasteiger partial charge in [0.15, 0.2) is 0 Å². The molecule has 0 saturated carbocycles. The van der Waals surface area contributed by atoms with Crippen LogP contribution >= 0.6 is 0 Å². The first-order valence-electron chi connectivity index (χ1n) is 10.8. The van der Waals surface area contributed by atoms with Gasteiger partial charge in [-0.3, -0.25) is 9.59 Å². The van der Waals surface area contributed by atoms with Crippen molar-refractivity contribution in [2.24, 2.45) is 0 Å². The quantitative estimate of drug-likeness (QED) is 0.348. The molecule has 2 N–H and O–H groups in total. The van der Waals surface area contributed by atoms with Gasteiger partial charge in [-0.2, -0.15) is 0 Å². The number of aryl methyl sites for hydroxylation is 1. The molecule has 7 nitrogen and oxygen atoms in total. The van der Waals surface area contributed by atoms with Crippen molar-refractivity contribution in [3.05, 3.63) is 95.3 Å². The average Bonchev–Trinajstić information content (AvgIpc) is 2.84. The Balaban J connectivity index is 1.43. The van der Waals surface area contributed by atoms with Crippen molar-refractivity contribution in [1.82, 2.24) is 5.32 Å². The summed E-state index contributed by atoms with van der Waals surface area (Å²) in [7, 11) is 0. The van der Waals surface area contributed by atoms with E-state index in [0.29, 0.717) is 30.6 Å². The van der Waals surface area contributed by atoms with E-state index in [0.717, 1.165) is 11.1 Å². The summed E-state index contributed by atoms with van der Waals surface area (Å²) in [5.41, 5.74) is 2.78. The Bertz CT molecular complexity index is 1110. The third kappa shape index (κ3) is 7.74. The number of benzene rings is 3. The molecule has 0 aliphatic rings. The van der Waals surface area contributed by atoms with Crippen LogP contribution in [0, 0.1) is 5.82 Å². The second-order valence-electron chi connectivity index (χ2n) is 7.36. The van der Waals surface area contributed by atoms with Gasteiger partial charge in [0.25, 0.3) is 5.91 Å². The molecule has 0 atom stereocenters. The van der Waals surface area contributed by atoms with Gasteiger partial charge in [-0.25, -0.2) is 9.18 Å². The van der Waals surface area contributed by atoms with Crippen LogP contribution < -0.4 is 15.4 Å². The first kappa shape index (κ1) is 24.4. The Kier molecular flexibility index (Phi) is 8.73. The third-order valence-corrected chi connectivity index (χ3v) is 4.84. The van der Waals surface area contributed by atoms with Crippen molar-refractivity contribution in [3.63, 3.8) is 0 Å². The van der Waals surface area contributed by atoms with Crippen LogP contribution in [0.1, 0.15) is 34.8 Å². The van der Waals surface area contributed by atoms with Crippen LogP contribution in [-0.2, 0) is 22.5 Å². The molecule has 0 aliphatic carbocycles. The van der Waals surface area contributed by atoms with Crippen LogP contribution in [0.2, 0.25) is 0 Å². The summed E-state index contributed by atoms with van der Waals surface area (Å²) in [4.78, 5) is 35.8. The van der Waals surface area contributed by atoms with Crippen LogP contribution in [0.25, 0.3) is 0 Å². The van der Waals surface area contributed by atoms with Crippen LogP contribution in [0.4, 0.5) is 14.9 Å². The summed E-state index contributed by atoms with van der Waals surface area (Å²) in [5.74, 6) is -0.438. The van der Waals surface area contributed by atoms with E-state index in [1.54, 1.807) is 43.3 Å². The maximum atomic E-state index is 12.9. The fourth-order valence-corrected chi connectivity index (χ4v) is 3.03. The molecule has 3 aromatic rings. The summed E-state index contributed by atoms with van der Waals surface area (Å²) in [5, 5.41) is 5.64. The third-order valence-electron chi connectivity index (χ3n) is 4.84. The lowest BCUT2D eigenvalue weighted by Crippen LogP contribution is -2.23. The van der Waals surface area contributed by atoms with E-state index in [1.807, 2.05) is 12.1 Å². The molecule has 176 valence electrons. The lowest BCUT2D eigenvalue weighted by molar-refractivity contribution is -0.121. The summed E-state index contributed by atoms with van der Waals surface area (Å²) in [6, 6.07) is 19.3. The molecule has 0 aromatic heterocycles. The zero-order chi connectivity index (χ0) is 24.3. The minimum atomic E-state index is -0.802. The van der Waals surface area contributed by atoms with Gasteiger partial charge in [0.1, 0.15) is 11.6 Å². The average molecular weight is 464 g/mol. The molecule has 0 heterocycles. The lowest BCUT2D eigenvalue weighted by atomic mass is 10.1. The standard InChI is InChI=1S/C26H25FN2O5/c1-2-33-26(32)34-23-14-8-20(9-15-23)25(31)29-22-12-5-19(6-13-22)17-28-24(30)16-7-18-3-10-21(27)11-4-18/h3-6,8-15H,2,7,16-17H2,1H3,(H,28,30)(H,29,31). The summed E-state index contributed by atoms with van der Waals surface area (Å²) in [6.07, 6.45) is 0.0417. The maximum absolute atomic E-state index is 12.9. The molecule has 0 unspecified atom stereocenters.